The lowest BCUT2D eigenvalue weighted by atomic mass is 10.00. The molecule has 5 rings (SSSR count). The molecule has 3 aromatic rings. The van der Waals surface area contributed by atoms with E-state index in [9.17, 15) is 4.79 Å². The lowest BCUT2D eigenvalue weighted by molar-refractivity contribution is -0.118. The number of methoxy groups -OCH3 is 1. The Morgan fingerprint density at radius 1 is 1.10 bits per heavy atom. The molecule has 2 heterocycles. The summed E-state index contributed by atoms with van der Waals surface area (Å²) in [5, 5.41) is 7.28. The van der Waals surface area contributed by atoms with Crippen LogP contribution in [0.15, 0.2) is 59.1 Å². The fourth-order valence-electron chi connectivity index (χ4n) is 3.97. The van der Waals surface area contributed by atoms with Crippen molar-refractivity contribution in [3.63, 3.8) is 0 Å². The van der Waals surface area contributed by atoms with Gasteiger partial charge < -0.3 is 24.2 Å². The first-order chi connectivity index (χ1) is 15.2. The fraction of sp³-hybridized carbons (Fsp3) is 0.333. The Hall–Kier alpha value is -3.32. The molecule has 2 fully saturated rings. The van der Waals surface area contributed by atoms with E-state index >= 15 is 0 Å². The fourth-order valence-corrected chi connectivity index (χ4v) is 3.97. The highest BCUT2D eigenvalue weighted by Gasteiger charge is 2.53. The number of benzene rings is 2. The Morgan fingerprint density at radius 3 is 2.58 bits per heavy atom. The normalized spacial score (nSPS) is 17.3. The van der Waals surface area contributed by atoms with Crippen molar-refractivity contribution in [2.24, 2.45) is 0 Å². The molecule has 1 aromatic heterocycles. The number of hydrogen-bond donors (Lipinski definition) is 1. The van der Waals surface area contributed by atoms with Gasteiger partial charge in [0.1, 0.15) is 5.75 Å². The van der Waals surface area contributed by atoms with Crippen molar-refractivity contribution in [3.8, 4) is 17.1 Å². The van der Waals surface area contributed by atoms with Gasteiger partial charge in [0.25, 0.3) is 0 Å². The van der Waals surface area contributed by atoms with Crippen molar-refractivity contribution in [2.75, 3.05) is 43.6 Å². The lowest BCUT2D eigenvalue weighted by Gasteiger charge is -2.29. The Balaban J connectivity index is 1.29. The predicted octanol–water partition coefficient (Wildman–Crippen LogP) is 3.86. The summed E-state index contributed by atoms with van der Waals surface area (Å²) in [5.41, 5.74) is 2.84. The molecule has 160 valence electrons. The van der Waals surface area contributed by atoms with Crippen LogP contribution in [0, 0.1) is 0 Å². The molecule has 7 nitrogen and oxygen atoms in total. The van der Waals surface area contributed by atoms with E-state index in [2.05, 4.69) is 15.4 Å². The Kier molecular flexibility index (Phi) is 5.11. The van der Waals surface area contributed by atoms with Crippen LogP contribution in [-0.2, 0) is 14.9 Å². The first-order valence-electron chi connectivity index (χ1n) is 10.5. The summed E-state index contributed by atoms with van der Waals surface area (Å²) >= 11 is 0. The quantitative estimate of drug-likeness (QED) is 0.654. The third-order valence-corrected chi connectivity index (χ3v) is 6.04. The van der Waals surface area contributed by atoms with Crippen LogP contribution in [0.4, 0.5) is 11.4 Å². The van der Waals surface area contributed by atoms with Crippen LogP contribution in [0.25, 0.3) is 11.3 Å². The number of nitrogens with one attached hydrogen (secondary N) is 1. The topological polar surface area (TPSA) is 76.8 Å². The standard InChI is InChI=1S/C24H25N3O4/c1-29-20-4-2-3-17(15-20)21-16-22(26-31-21)24(9-10-24)23(28)25-18-5-7-19(8-6-18)27-11-13-30-14-12-27/h2-8,15-16H,9-14H2,1H3,(H,25,28). The van der Waals surface area contributed by atoms with E-state index in [1.807, 2.05) is 54.6 Å². The molecular formula is C24H25N3O4. The first kappa shape index (κ1) is 19.6. The molecular weight excluding hydrogens is 394 g/mol. The third kappa shape index (κ3) is 3.88. The molecule has 2 aliphatic rings. The number of ether oxygens (including phenoxy) is 2. The van der Waals surface area contributed by atoms with Crippen molar-refractivity contribution in [1.82, 2.24) is 5.16 Å². The highest BCUT2D eigenvalue weighted by molar-refractivity contribution is 6.01. The SMILES string of the molecule is COc1cccc(-c2cc(C3(C(=O)Nc4ccc(N5CCOCC5)cc4)CC3)no2)c1. The molecule has 2 aromatic carbocycles. The highest BCUT2D eigenvalue weighted by Crippen LogP contribution is 2.49. The van der Waals surface area contributed by atoms with Gasteiger partial charge in [0, 0.05) is 36.1 Å². The van der Waals surface area contributed by atoms with Crippen molar-refractivity contribution < 1.29 is 18.8 Å². The summed E-state index contributed by atoms with van der Waals surface area (Å²) in [4.78, 5) is 15.4. The van der Waals surface area contributed by atoms with Gasteiger partial charge in [-0.1, -0.05) is 17.3 Å². The van der Waals surface area contributed by atoms with Crippen LogP contribution >= 0.6 is 0 Å². The average molecular weight is 419 g/mol. The van der Waals surface area contributed by atoms with Crippen LogP contribution < -0.4 is 15.0 Å². The second kappa shape index (κ2) is 8.07. The molecule has 1 N–H and O–H groups in total. The number of hydrogen-bond acceptors (Lipinski definition) is 6. The van der Waals surface area contributed by atoms with Crippen LogP contribution in [-0.4, -0.2) is 44.5 Å². The van der Waals surface area contributed by atoms with Crippen LogP contribution in [0.3, 0.4) is 0 Å². The van der Waals surface area contributed by atoms with Gasteiger partial charge in [-0.15, -0.1) is 0 Å². The van der Waals surface area contributed by atoms with Gasteiger partial charge in [-0.2, -0.15) is 0 Å². The van der Waals surface area contributed by atoms with Gasteiger partial charge in [0.2, 0.25) is 5.91 Å². The van der Waals surface area contributed by atoms with E-state index < -0.39 is 5.41 Å². The largest absolute Gasteiger partial charge is 0.497 e. The molecule has 0 radical (unpaired) electrons. The second-order valence-corrected chi connectivity index (χ2v) is 7.99. The molecule has 0 unspecified atom stereocenters. The first-order valence-corrected chi connectivity index (χ1v) is 10.5. The van der Waals surface area contributed by atoms with Crippen molar-refractivity contribution >= 4 is 17.3 Å². The molecule has 1 aliphatic carbocycles. The predicted molar refractivity (Wildman–Crippen MR) is 118 cm³/mol. The molecule has 7 heteroatoms. The number of anilines is 2. The highest BCUT2D eigenvalue weighted by atomic mass is 16.5. The van der Waals surface area contributed by atoms with E-state index in [-0.39, 0.29) is 5.91 Å². The summed E-state index contributed by atoms with van der Waals surface area (Å²) in [7, 11) is 1.63. The van der Waals surface area contributed by atoms with Gasteiger partial charge >= 0.3 is 0 Å². The zero-order valence-corrected chi connectivity index (χ0v) is 17.5. The average Bonchev–Trinajstić information content (AvgIpc) is 3.49. The third-order valence-electron chi connectivity index (χ3n) is 6.04. The zero-order valence-electron chi connectivity index (χ0n) is 17.5. The minimum absolute atomic E-state index is 0.0443. The number of carbonyl (C=O) groups is 1. The number of nitrogens with zero attached hydrogens (tertiary/aromatic N) is 2. The molecule has 1 saturated heterocycles. The Labute approximate surface area is 180 Å². The monoisotopic (exact) mass is 419 g/mol. The van der Waals surface area contributed by atoms with Crippen molar-refractivity contribution in [1.29, 1.82) is 0 Å². The van der Waals surface area contributed by atoms with Gasteiger partial charge in [-0.25, -0.2) is 0 Å². The maximum Gasteiger partial charge on any atom is 0.236 e. The summed E-state index contributed by atoms with van der Waals surface area (Å²) < 4.78 is 16.2. The maximum absolute atomic E-state index is 13.1. The zero-order chi connectivity index (χ0) is 21.3. The van der Waals surface area contributed by atoms with E-state index in [1.165, 1.54) is 0 Å². The molecule has 31 heavy (non-hydrogen) atoms. The number of amides is 1. The van der Waals surface area contributed by atoms with E-state index in [4.69, 9.17) is 14.0 Å². The van der Waals surface area contributed by atoms with Gasteiger partial charge in [-0.05, 0) is 49.2 Å². The molecule has 0 spiro atoms. The molecule has 0 bridgehead atoms. The van der Waals surface area contributed by atoms with Crippen LogP contribution in [0.1, 0.15) is 18.5 Å². The van der Waals surface area contributed by atoms with E-state index in [1.54, 1.807) is 7.11 Å². The molecule has 1 saturated carbocycles. The van der Waals surface area contributed by atoms with Crippen molar-refractivity contribution in [2.45, 2.75) is 18.3 Å². The summed E-state index contributed by atoms with van der Waals surface area (Å²) in [6, 6.07) is 17.4. The van der Waals surface area contributed by atoms with Crippen LogP contribution in [0.2, 0.25) is 0 Å². The summed E-state index contributed by atoms with van der Waals surface area (Å²) in [6.45, 7) is 3.26. The van der Waals surface area contributed by atoms with Crippen molar-refractivity contribution in [3.05, 3.63) is 60.3 Å². The molecule has 0 atom stereocenters. The van der Waals surface area contributed by atoms with E-state index in [0.717, 1.165) is 61.8 Å². The van der Waals surface area contributed by atoms with Gasteiger partial charge in [-0.3, -0.25) is 4.79 Å². The Bertz CT molecular complexity index is 1070. The molecule has 1 amide bonds. The summed E-state index contributed by atoms with van der Waals surface area (Å²) in [6.07, 6.45) is 1.52. The van der Waals surface area contributed by atoms with Gasteiger partial charge in [0.05, 0.1) is 31.4 Å². The number of carbonyl (C=O) groups excluding carboxylic acids is 1. The second-order valence-electron chi connectivity index (χ2n) is 7.99. The number of rotatable bonds is 6. The minimum atomic E-state index is -0.622. The van der Waals surface area contributed by atoms with Crippen LogP contribution in [0.5, 0.6) is 5.75 Å². The van der Waals surface area contributed by atoms with Gasteiger partial charge in [0.15, 0.2) is 5.76 Å². The lowest BCUT2D eigenvalue weighted by Crippen LogP contribution is -2.36. The molecule has 1 aliphatic heterocycles. The minimum Gasteiger partial charge on any atom is -0.497 e. The number of aromatic nitrogens is 1. The summed E-state index contributed by atoms with van der Waals surface area (Å²) in [5.74, 6) is 1.33. The smallest absolute Gasteiger partial charge is 0.236 e. The van der Waals surface area contributed by atoms with E-state index in [0.29, 0.717) is 11.5 Å². The Morgan fingerprint density at radius 2 is 1.87 bits per heavy atom. The number of morpholine rings is 1. The maximum atomic E-state index is 13.1.